The van der Waals surface area contributed by atoms with Crippen molar-refractivity contribution < 1.29 is 23.5 Å². The van der Waals surface area contributed by atoms with Gasteiger partial charge in [-0.2, -0.15) is 0 Å². The van der Waals surface area contributed by atoms with Crippen molar-refractivity contribution in [3.8, 4) is 0 Å². The van der Waals surface area contributed by atoms with Gasteiger partial charge in [-0.05, 0) is 38.3 Å². The number of benzene rings is 1. The number of H-pyrrole nitrogens is 1. The highest BCUT2D eigenvalue weighted by Crippen LogP contribution is 2.23. The third-order valence-corrected chi connectivity index (χ3v) is 5.53. The molecular formula is C22H26FN3O4. The van der Waals surface area contributed by atoms with Gasteiger partial charge in [-0.3, -0.25) is 9.59 Å². The second-order valence-electron chi connectivity index (χ2n) is 7.52. The summed E-state index contributed by atoms with van der Waals surface area (Å²) in [6.07, 6.45) is 1.34. The van der Waals surface area contributed by atoms with Gasteiger partial charge in [0.2, 0.25) is 5.91 Å². The predicted molar refractivity (Wildman–Crippen MR) is 108 cm³/mol. The third-order valence-electron chi connectivity index (χ3n) is 5.53. The number of piperidine rings is 1. The quantitative estimate of drug-likeness (QED) is 0.735. The van der Waals surface area contributed by atoms with E-state index in [-0.39, 0.29) is 36.6 Å². The maximum Gasteiger partial charge on any atom is 0.339 e. The van der Waals surface area contributed by atoms with Crippen LogP contribution in [0.4, 0.5) is 4.39 Å². The zero-order chi connectivity index (χ0) is 21.8. The number of hydrogen-bond acceptors (Lipinski definition) is 4. The van der Waals surface area contributed by atoms with Crippen LogP contribution in [0.25, 0.3) is 0 Å². The number of aromatic nitrogens is 1. The smallest absolute Gasteiger partial charge is 0.339 e. The molecule has 160 valence electrons. The summed E-state index contributed by atoms with van der Waals surface area (Å²) in [5.74, 6) is -1.68. The van der Waals surface area contributed by atoms with E-state index in [9.17, 15) is 18.8 Å². The summed E-state index contributed by atoms with van der Waals surface area (Å²) < 4.78 is 18.5. The summed E-state index contributed by atoms with van der Waals surface area (Å²) in [5, 5.41) is 2.77. The van der Waals surface area contributed by atoms with Gasteiger partial charge < -0.3 is 19.9 Å². The molecule has 8 heteroatoms. The molecule has 1 aromatic carbocycles. The van der Waals surface area contributed by atoms with Gasteiger partial charge in [0.1, 0.15) is 11.5 Å². The first-order valence-corrected chi connectivity index (χ1v) is 9.91. The summed E-state index contributed by atoms with van der Waals surface area (Å²) in [5.41, 5.74) is 2.22. The van der Waals surface area contributed by atoms with Gasteiger partial charge in [0.15, 0.2) is 0 Å². The first kappa shape index (κ1) is 21.5. The van der Waals surface area contributed by atoms with E-state index < -0.39 is 5.97 Å². The van der Waals surface area contributed by atoms with Crippen LogP contribution in [-0.2, 0) is 16.1 Å². The molecule has 0 bridgehead atoms. The number of aromatic amines is 1. The number of hydrogen-bond donors (Lipinski definition) is 2. The molecule has 2 aromatic rings. The molecule has 0 spiro atoms. The lowest BCUT2D eigenvalue weighted by Gasteiger charge is -2.32. The van der Waals surface area contributed by atoms with E-state index in [1.54, 1.807) is 36.9 Å². The number of ether oxygens (including phenoxy) is 1. The van der Waals surface area contributed by atoms with Crippen molar-refractivity contribution in [3.63, 3.8) is 0 Å². The molecule has 1 atom stereocenters. The molecule has 1 saturated heterocycles. The van der Waals surface area contributed by atoms with Crippen LogP contribution in [0.15, 0.2) is 24.3 Å². The molecule has 0 radical (unpaired) electrons. The fraction of sp³-hybridized carbons (Fsp3) is 0.409. The molecule has 0 saturated carbocycles. The lowest BCUT2D eigenvalue weighted by atomic mass is 9.96. The minimum atomic E-state index is -0.496. The van der Waals surface area contributed by atoms with Crippen LogP contribution in [0.1, 0.15) is 50.5 Å². The molecule has 0 aliphatic carbocycles. The lowest BCUT2D eigenvalue weighted by Crippen LogP contribution is -2.45. The number of carbonyl (C=O) groups excluding carboxylic acids is 3. The fourth-order valence-electron chi connectivity index (χ4n) is 3.87. The summed E-state index contributed by atoms with van der Waals surface area (Å²) in [6, 6.07) is 6.29. The Bertz CT molecular complexity index is 969. The van der Waals surface area contributed by atoms with E-state index >= 15 is 0 Å². The zero-order valence-corrected chi connectivity index (χ0v) is 17.4. The van der Waals surface area contributed by atoms with Crippen molar-refractivity contribution >= 4 is 17.8 Å². The van der Waals surface area contributed by atoms with Gasteiger partial charge in [0.05, 0.1) is 18.6 Å². The van der Waals surface area contributed by atoms with Gasteiger partial charge >= 0.3 is 5.97 Å². The highest BCUT2D eigenvalue weighted by Gasteiger charge is 2.31. The maximum absolute atomic E-state index is 13.8. The first-order chi connectivity index (χ1) is 14.3. The third kappa shape index (κ3) is 4.37. The van der Waals surface area contributed by atoms with Gasteiger partial charge in [0, 0.05) is 30.9 Å². The van der Waals surface area contributed by atoms with Crippen molar-refractivity contribution in [3.05, 3.63) is 58.2 Å². The number of nitrogens with zero attached hydrogens (tertiary/aromatic N) is 1. The van der Waals surface area contributed by atoms with Gasteiger partial charge in [-0.1, -0.05) is 18.2 Å². The van der Waals surface area contributed by atoms with Gasteiger partial charge in [-0.25, -0.2) is 9.18 Å². The number of nitrogens with one attached hydrogen (secondary N) is 2. The minimum absolute atomic E-state index is 0.105. The average Bonchev–Trinajstić information content (AvgIpc) is 3.05. The molecule has 2 heterocycles. The monoisotopic (exact) mass is 415 g/mol. The molecule has 2 amide bonds. The Morgan fingerprint density at radius 1 is 1.27 bits per heavy atom. The molecule has 2 N–H and O–H groups in total. The number of esters is 1. The van der Waals surface area contributed by atoms with E-state index in [1.807, 2.05) is 0 Å². The standard InChI is InChI=1S/C22H26FN3O4/c1-13-18(22(29)30-3)14(2)25-19(13)21(28)26-10-6-8-16(12-26)20(27)24-11-15-7-4-5-9-17(15)23/h4-5,7,9,16,25H,6,8,10-12H2,1-3H3,(H,24,27)/t16-/m1/s1. The van der Waals surface area contributed by atoms with E-state index in [0.717, 1.165) is 0 Å². The summed E-state index contributed by atoms with van der Waals surface area (Å²) >= 11 is 0. The Kier molecular flexibility index (Phi) is 6.54. The molecule has 1 aliphatic rings. The number of likely N-dealkylation sites (tertiary alicyclic amines) is 1. The highest BCUT2D eigenvalue weighted by molar-refractivity contribution is 6.00. The van der Waals surface area contributed by atoms with Gasteiger partial charge in [0.25, 0.3) is 5.91 Å². The molecule has 1 aromatic heterocycles. The Balaban J connectivity index is 1.67. The lowest BCUT2D eigenvalue weighted by molar-refractivity contribution is -0.126. The van der Waals surface area contributed by atoms with Crippen LogP contribution in [-0.4, -0.2) is 47.9 Å². The number of amides is 2. The van der Waals surface area contributed by atoms with Crippen LogP contribution < -0.4 is 5.32 Å². The Labute approximate surface area is 174 Å². The number of methoxy groups -OCH3 is 1. The summed E-state index contributed by atoms with van der Waals surface area (Å²) in [7, 11) is 1.30. The van der Waals surface area contributed by atoms with Crippen LogP contribution in [0.3, 0.4) is 0 Å². The van der Waals surface area contributed by atoms with Crippen LogP contribution in [0, 0.1) is 25.6 Å². The van der Waals surface area contributed by atoms with Crippen molar-refractivity contribution in [2.24, 2.45) is 5.92 Å². The van der Waals surface area contributed by atoms with Crippen molar-refractivity contribution in [1.82, 2.24) is 15.2 Å². The first-order valence-electron chi connectivity index (χ1n) is 9.91. The SMILES string of the molecule is COC(=O)c1c(C)[nH]c(C(=O)N2CCC[C@@H](C(=O)NCc3ccccc3F)C2)c1C. The predicted octanol–water partition coefficient (Wildman–Crippen LogP) is 2.73. The van der Waals surface area contributed by atoms with E-state index in [0.29, 0.717) is 47.5 Å². The normalized spacial score (nSPS) is 16.3. The second-order valence-corrected chi connectivity index (χ2v) is 7.52. The van der Waals surface area contributed by atoms with E-state index in [1.165, 1.54) is 13.2 Å². The average molecular weight is 415 g/mol. The molecule has 1 fully saturated rings. The van der Waals surface area contributed by atoms with Crippen LogP contribution >= 0.6 is 0 Å². The molecule has 7 nitrogen and oxygen atoms in total. The number of halogens is 1. The number of aryl methyl sites for hydroxylation is 1. The van der Waals surface area contributed by atoms with Crippen molar-refractivity contribution in [2.45, 2.75) is 33.2 Å². The maximum atomic E-state index is 13.8. The Morgan fingerprint density at radius 2 is 2.00 bits per heavy atom. The Hall–Kier alpha value is -3.16. The molecule has 3 rings (SSSR count). The largest absolute Gasteiger partial charge is 0.465 e. The van der Waals surface area contributed by atoms with E-state index in [4.69, 9.17) is 4.74 Å². The van der Waals surface area contributed by atoms with Crippen molar-refractivity contribution in [2.75, 3.05) is 20.2 Å². The molecule has 0 unspecified atom stereocenters. The fourth-order valence-corrected chi connectivity index (χ4v) is 3.87. The number of rotatable bonds is 5. The van der Waals surface area contributed by atoms with Crippen molar-refractivity contribution in [1.29, 1.82) is 0 Å². The summed E-state index contributed by atoms with van der Waals surface area (Å²) in [6.45, 7) is 4.32. The topological polar surface area (TPSA) is 91.5 Å². The Morgan fingerprint density at radius 3 is 2.70 bits per heavy atom. The number of carbonyl (C=O) groups is 3. The van der Waals surface area contributed by atoms with Crippen LogP contribution in [0.5, 0.6) is 0 Å². The highest BCUT2D eigenvalue weighted by atomic mass is 19.1. The second kappa shape index (κ2) is 9.11. The van der Waals surface area contributed by atoms with Crippen LogP contribution in [0.2, 0.25) is 0 Å². The molecule has 30 heavy (non-hydrogen) atoms. The molecule has 1 aliphatic heterocycles. The summed E-state index contributed by atoms with van der Waals surface area (Å²) in [4.78, 5) is 42.2. The minimum Gasteiger partial charge on any atom is -0.465 e. The van der Waals surface area contributed by atoms with Gasteiger partial charge in [-0.15, -0.1) is 0 Å². The zero-order valence-electron chi connectivity index (χ0n) is 17.4. The van der Waals surface area contributed by atoms with E-state index in [2.05, 4.69) is 10.3 Å². The molecular weight excluding hydrogens is 389 g/mol.